The normalized spacial score (nSPS) is 18.9. The number of aromatic nitrogens is 2. The molecule has 4 nitrogen and oxygen atoms in total. The molecular formula is C20H15F2N3OS. The van der Waals surface area contributed by atoms with Gasteiger partial charge in [0.25, 0.3) is 0 Å². The van der Waals surface area contributed by atoms with Crippen molar-refractivity contribution in [2.24, 2.45) is 5.92 Å². The number of nitrogens with one attached hydrogen (secondary N) is 2. The molecule has 1 amide bonds. The van der Waals surface area contributed by atoms with Crippen molar-refractivity contribution in [1.29, 1.82) is 0 Å². The largest absolute Gasteiger partial charge is 0.361 e. The Kier molecular flexibility index (Phi) is 3.55. The van der Waals surface area contributed by atoms with Crippen LogP contribution in [0.3, 0.4) is 0 Å². The molecule has 4 aromatic rings. The van der Waals surface area contributed by atoms with Crippen LogP contribution in [0.1, 0.15) is 12.0 Å². The second kappa shape index (κ2) is 5.85. The number of hydrogen-bond acceptors (Lipinski definition) is 3. The number of alkyl halides is 1. The van der Waals surface area contributed by atoms with E-state index < -0.39 is 12.1 Å². The maximum atomic E-state index is 14.3. The van der Waals surface area contributed by atoms with Crippen molar-refractivity contribution in [2.75, 3.05) is 5.32 Å². The van der Waals surface area contributed by atoms with E-state index in [4.69, 9.17) is 0 Å². The highest BCUT2D eigenvalue weighted by atomic mass is 32.1. The Labute approximate surface area is 157 Å². The Morgan fingerprint density at radius 1 is 1.33 bits per heavy atom. The molecule has 0 aliphatic heterocycles. The summed E-state index contributed by atoms with van der Waals surface area (Å²) in [6, 6.07) is 9.15. The van der Waals surface area contributed by atoms with E-state index in [1.165, 1.54) is 17.4 Å². The van der Waals surface area contributed by atoms with E-state index in [2.05, 4.69) is 15.3 Å². The number of rotatable bonds is 3. The zero-order valence-corrected chi connectivity index (χ0v) is 15.2. The van der Waals surface area contributed by atoms with Gasteiger partial charge in [0.2, 0.25) is 5.91 Å². The number of carbonyl (C=O) groups excluding carboxylic acids is 1. The Morgan fingerprint density at radius 2 is 2.15 bits per heavy atom. The summed E-state index contributed by atoms with van der Waals surface area (Å²) < 4.78 is 28.3. The van der Waals surface area contributed by atoms with E-state index in [9.17, 15) is 13.6 Å². The summed E-state index contributed by atoms with van der Waals surface area (Å²) in [5.74, 6) is -1.14. The molecular weight excluding hydrogens is 368 g/mol. The van der Waals surface area contributed by atoms with Crippen LogP contribution in [0.15, 0.2) is 36.5 Å². The number of amides is 1. The molecule has 1 aliphatic rings. The van der Waals surface area contributed by atoms with Gasteiger partial charge in [-0.1, -0.05) is 17.4 Å². The highest BCUT2D eigenvalue weighted by molar-refractivity contribution is 7.22. The summed E-state index contributed by atoms with van der Waals surface area (Å²) in [6.07, 6.45) is 1.04. The van der Waals surface area contributed by atoms with Gasteiger partial charge >= 0.3 is 0 Å². The van der Waals surface area contributed by atoms with E-state index in [-0.39, 0.29) is 18.1 Å². The highest BCUT2D eigenvalue weighted by Crippen LogP contribution is 2.38. The maximum Gasteiger partial charge on any atom is 0.232 e. The minimum Gasteiger partial charge on any atom is -0.361 e. The molecule has 2 atom stereocenters. The average Bonchev–Trinajstić information content (AvgIpc) is 3.02. The first kappa shape index (κ1) is 16.4. The smallest absolute Gasteiger partial charge is 0.232 e. The number of anilines is 1. The van der Waals surface area contributed by atoms with Crippen LogP contribution < -0.4 is 5.32 Å². The van der Waals surface area contributed by atoms with Crippen LogP contribution in [-0.4, -0.2) is 22.0 Å². The number of aromatic amines is 1. The van der Waals surface area contributed by atoms with E-state index in [0.717, 1.165) is 32.2 Å². The predicted octanol–water partition coefficient (Wildman–Crippen LogP) is 5.19. The third-order valence-corrected chi connectivity index (χ3v) is 5.94. The first-order valence-electron chi connectivity index (χ1n) is 8.63. The summed E-state index contributed by atoms with van der Waals surface area (Å²) in [7, 11) is 0. The number of hydrogen-bond donors (Lipinski definition) is 2. The molecule has 1 saturated carbocycles. The molecule has 136 valence electrons. The van der Waals surface area contributed by atoms with Crippen molar-refractivity contribution in [2.45, 2.75) is 19.5 Å². The van der Waals surface area contributed by atoms with Crippen molar-refractivity contribution in [1.82, 2.24) is 9.97 Å². The second-order valence-electron chi connectivity index (χ2n) is 6.85. The number of nitrogens with zero attached hydrogens (tertiary/aromatic N) is 1. The lowest BCUT2D eigenvalue weighted by Gasteiger charge is -2.09. The lowest BCUT2D eigenvalue weighted by molar-refractivity contribution is -0.117. The van der Waals surface area contributed by atoms with Crippen molar-refractivity contribution < 1.29 is 13.6 Å². The van der Waals surface area contributed by atoms with Crippen LogP contribution in [0.4, 0.5) is 13.9 Å². The third-order valence-electron chi connectivity index (χ3n) is 5.01. The van der Waals surface area contributed by atoms with Crippen molar-refractivity contribution in [3.05, 3.63) is 47.9 Å². The summed E-state index contributed by atoms with van der Waals surface area (Å²) in [6.45, 7) is 1.77. The molecule has 2 aromatic heterocycles. The van der Waals surface area contributed by atoms with Gasteiger partial charge in [-0.05, 0) is 54.3 Å². The molecule has 5 rings (SSSR count). The topological polar surface area (TPSA) is 57.8 Å². The molecule has 1 fully saturated rings. The van der Waals surface area contributed by atoms with Gasteiger partial charge in [0.1, 0.15) is 12.0 Å². The monoisotopic (exact) mass is 383 g/mol. The zero-order valence-electron chi connectivity index (χ0n) is 14.3. The Bertz CT molecular complexity index is 1210. The fourth-order valence-corrected chi connectivity index (χ4v) is 4.32. The second-order valence-corrected chi connectivity index (χ2v) is 7.88. The Morgan fingerprint density at radius 3 is 2.93 bits per heavy atom. The van der Waals surface area contributed by atoms with E-state index in [0.29, 0.717) is 10.7 Å². The van der Waals surface area contributed by atoms with Gasteiger partial charge in [0, 0.05) is 17.1 Å². The van der Waals surface area contributed by atoms with Crippen LogP contribution in [0.2, 0.25) is 0 Å². The van der Waals surface area contributed by atoms with Crippen LogP contribution in [0.25, 0.3) is 32.2 Å². The number of thiazole rings is 1. The minimum atomic E-state index is -1.04. The van der Waals surface area contributed by atoms with Crippen LogP contribution >= 0.6 is 11.3 Å². The Hall–Kier alpha value is -2.80. The molecule has 2 heterocycles. The quantitative estimate of drug-likeness (QED) is 0.512. The molecule has 2 unspecified atom stereocenters. The number of halogens is 2. The standard InChI is InChI=1S/C20H15F2N3OS/c1-9-13(21)8-16-11(4-5-23-16)18(9)10-2-3-15-17(6-10)27-20(24-15)25-19(26)12-7-14(12)22/h2-6,8,12,14,23H,7H2,1H3,(H,24,25,26). The molecule has 0 saturated heterocycles. The van der Waals surface area contributed by atoms with E-state index in [1.54, 1.807) is 13.1 Å². The van der Waals surface area contributed by atoms with Gasteiger partial charge in [0.15, 0.2) is 5.13 Å². The molecule has 7 heteroatoms. The Balaban J connectivity index is 1.56. The first-order valence-corrected chi connectivity index (χ1v) is 9.45. The first-order chi connectivity index (χ1) is 13.0. The molecule has 27 heavy (non-hydrogen) atoms. The summed E-state index contributed by atoms with van der Waals surface area (Å²) in [4.78, 5) is 19.4. The average molecular weight is 383 g/mol. The predicted molar refractivity (Wildman–Crippen MR) is 103 cm³/mol. The molecule has 0 bridgehead atoms. The molecule has 1 aliphatic carbocycles. The third kappa shape index (κ3) is 2.70. The van der Waals surface area contributed by atoms with Crippen LogP contribution in [0.5, 0.6) is 0 Å². The van der Waals surface area contributed by atoms with Crippen molar-refractivity contribution in [3.8, 4) is 11.1 Å². The van der Waals surface area contributed by atoms with E-state index >= 15 is 0 Å². The van der Waals surface area contributed by atoms with Crippen molar-refractivity contribution >= 4 is 43.5 Å². The summed E-state index contributed by atoms with van der Waals surface area (Å²) >= 11 is 1.33. The van der Waals surface area contributed by atoms with Gasteiger partial charge in [-0.2, -0.15) is 0 Å². The molecule has 2 N–H and O–H groups in total. The zero-order chi connectivity index (χ0) is 18.7. The summed E-state index contributed by atoms with van der Waals surface area (Å²) in [5.41, 5.74) is 3.80. The van der Waals surface area contributed by atoms with Gasteiger partial charge in [0.05, 0.1) is 16.1 Å². The van der Waals surface area contributed by atoms with Gasteiger partial charge in [-0.15, -0.1) is 0 Å². The SMILES string of the molecule is Cc1c(F)cc2[nH]ccc2c1-c1ccc2nc(NC(=O)C3CC3F)sc2c1. The van der Waals surface area contributed by atoms with Gasteiger partial charge < -0.3 is 10.3 Å². The summed E-state index contributed by atoms with van der Waals surface area (Å²) in [5, 5.41) is 4.10. The fraction of sp³-hybridized carbons (Fsp3) is 0.200. The fourth-order valence-electron chi connectivity index (χ4n) is 3.42. The molecule has 0 radical (unpaired) electrons. The molecule has 0 spiro atoms. The van der Waals surface area contributed by atoms with Crippen molar-refractivity contribution in [3.63, 3.8) is 0 Å². The highest BCUT2D eigenvalue weighted by Gasteiger charge is 2.43. The maximum absolute atomic E-state index is 14.3. The number of H-pyrrole nitrogens is 1. The minimum absolute atomic E-state index is 0.262. The number of fused-ring (bicyclic) bond motifs is 2. The lowest BCUT2D eigenvalue weighted by atomic mass is 9.96. The van der Waals surface area contributed by atoms with E-state index in [1.807, 2.05) is 24.3 Å². The van der Waals surface area contributed by atoms with Crippen LogP contribution in [0, 0.1) is 18.7 Å². The van der Waals surface area contributed by atoms with Gasteiger partial charge in [-0.25, -0.2) is 13.8 Å². The lowest BCUT2D eigenvalue weighted by Crippen LogP contribution is -2.14. The number of benzene rings is 2. The number of carbonyl (C=O) groups is 1. The van der Waals surface area contributed by atoms with Crippen LogP contribution in [-0.2, 0) is 4.79 Å². The van der Waals surface area contributed by atoms with Gasteiger partial charge in [-0.3, -0.25) is 4.79 Å². The molecule has 2 aromatic carbocycles.